The van der Waals surface area contributed by atoms with E-state index in [1.165, 1.54) is 19.3 Å². The molecule has 3 heteroatoms. The highest BCUT2D eigenvalue weighted by Crippen LogP contribution is 2.12. The summed E-state index contributed by atoms with van der Waals surface area (Å²) >= 11 is 0. The van der Waals surface area contributed by atoms with Crippen molar-refractivity contribution >= 4 is 6.09 Å². The summed E-state index contributed by atoms with van der Waals surface area (Å²) in [7, 11) is 0. The lowest BCUT2D eigenvalue weighted by molar-refractivity contribution is -0.250. The quantitative estimate of drug-likeness (QED) is 0.486. The molecule has 3 nitrogen and oxygen atoms in total. The molecule has 0 spiro atoms. The van der Waals surface area contributed by atoms with Crippen molar-refractivity contribution in [3.8, 4) is 0 Å². The van der Waals surface area contributed by atoms with Crippen LogP contribution < -0.4 is 10.4 Å². The number of allylic oxidation sites excluding steroid dienone is 5. The standard InChI is InChI=1S/C16H27NO2/c1-3-5-7-9-11-13-15(14-17-16(18)19)12-10-8-6-4-2/h3,5,7,9,11,13,15,17H,4,6,8,10,12,14H2,1-2H3,(H,18,19)/p-1/b5-3+,9-7+,13-11+. The Kier molecular flexibility index (Phi) is 11.9. The van der Waals surface area contributed by atoms with E-state index in [9.17, 15) is 9.90 Å². The molecule has 108 valence electrons. The first kappa shape index (κ1) is 17.5. The molecule has 0 heterocycles. The largest absolute Gasteiger partial charge is 0.530 e. The van der Waals surface area contributed by atoms with E-state index in [1.807, 2.05) is 37.3 Å². The van der Waals surface area contributed by atoms with E-state index in [0.29, 0.717) is 6.54 Å². The third-order valence-electron chi connectivity index (χ3n) is 2.85. The van der Waals surface area contributed by atoms with Crippen molar-refractivity contribution in [2.24, 2.45) is 5.92 Å². The number of amides is 1. The molecule has 0 aromatic carbocycles. The van der Waals surface area contributed by atoms with Crippen LogP contribution in [-0.2, 0) is 0 Å². The average Bonchev–Trinajstić information content (AvgIpc) is 2.39. The second kappa shape index (κ2) is 12.9. The second-order valence-electron chi connectivity index (χ2n) is 4.57. The molecule has 0 aromatic rings. The lowest BCUT2D eigenvalue weighted by atomic mass is 10.00. The van der Waals surface area contributed by atoms with Crippen LogP contribution in [-0.4, -0.2) is 12.6 Å². The van der Waals surface area contributed by atoms with E-state index in [4.69, 9.17) is 0 Å². The molecule has 0 fully saturated rings. The van der Waals surface area contributed by atoms with Gasteiger partial charge in [0.15, 0.2) is 0 Å². The van der Waals surface area contributed by atoms with Gasteiger partial charge in [0, 0.05) is 6.54 Å². The first-order chi connectivity index (χ1) is 9.20. The summed E-state index contributed by atoms with van der Waals surface area (Å²) < 4.78 is 0. The Morgan fingerprint density at radius 3 is 2.53 bits per heavy atom. The number of rotatable bonds is 10. The minimum atomic E-state index is -1.20. The summed E-state index contributed by atoms with van der Waals surface area (Å²) in [6.45, 7) is 4.58. The zero-order chi connectivity index (χ0) is 14.3. The fourth-order valence-corrected chi connectivity index (χ4v) is 1.77. The highest BCUT2D eigenvalue weighted by Gasteiger charge is 2.03. The summed E-state index contributed by atoms with van der Waals surface area (Å²) in [5.41, 5.74) is 0. The van der Waals surface area contributed by atoms with Crippen LogP contribution in [0.2, 0.25) is 0 Å². The van der Waals surface area contributed by atoms with Crippen LogP contribution in [0.1, 0.15) is 46.0 Å². The lowest BCUT2D eigenvalue weighted by Gasteiger charge is -2.14. The number of unbranched alkanes of at least 4 members (excludes halogenated alkanes) is 3. The molecule has 0 rings (SSSR count). The molecule has 0 aromatic heterocycles. The van der Waals surface area contributed by atoms with Gasteiger partial charge >= 0.3 is 0 Å². The molecule has 0 bridgehead atoms. The first-order valence-electron chi connectivity index (χ1n) is 7.11. The van der Waals surface area contributed by atoms with Crippen molar-refractivity contribution in [1.82, 2.24) is 5.32 Å². The third kappa shape index (κ3) is 12.7. The first-order valence-corrected chi connectivity index (χ1v) is 7.11. The summed E-state index contributed by atoms with van der Waals surface area (Å²) in [5.74, 6) is 0.241. The third-order valence-corrected chi connectivity index (χ3v) is 2.85. The van der Waals surface area contributed by atoms with Crippen molar-refractivity contribution in [3.63, 3.8) is 0 Å². The molecule has 0 aliphatic carbocycles. The topological polar surface area (TPSA) is 52.2 Å². The molecule has 0 radical (unpaired) electrons. The predicted octanol–water partition coefficient (Wildman–Crippen LogP) is 3.19. The minimum Gasteiger partial charge on any atom is -0.530 e. The van der Waals surface area contributed by atoms with Crippen LogP contribution in [0.25, 0.3) is 0 Å². The van der Waals surface area contributed by atoms with E-state index in [0.717, 1.165) is 12.8 Å². The highest BCUT2D eigenvalue weighted by atomic mass is 16.4. The fraction of sp³-hybridized carbons (Fsp3) is 0.562. The molecule has 0 saturated carbocycles. The predicted molar refractivity (Wildman–Crippen MR) is 78.7 cm³/mol. The van der Waals surface area contributed by atoms with Crippen LogP contribution >= 0.6 is 0 Å². The molecule has 1 unspecified atom stereocenters. The van der Waals surface area contributed by atoms with Gasteiger partial charge in [-0.2, -0.15) is 0 Å². The molecule has 0 aliphatic heterocycles. The maximum Gasteiger partial charge on any atom is 0.134 e. The average molecular weight is 264 g/mol. The monoisotopic (exact) mass is 264 g/mol. The lowest BCUT2D eigenvalue weighted by Crippen LogP contribution is -2.39. The van der Waals surface area contributed by atoms with Gasteiger partial charge in [0.05, 0.1) is 0 Å². The Bertz CT molecular complexity index is 306. The molecular formula is C16H26NO2-. The molecule has 1 atom stereocenters. The number of carbonyl (C=O) groups excluding carboxylic acids is 1. The van der Waals surface area contributed by atoms with Gasteiger partial charge in [0.25, 0.3) is 0 Å². The van der Waals surface area contributed by atoms with E-state index < -0.39 is 6.09 Å². The van der Waals surface area contributed by atoms with Crippen molar-refractivity contribution < 1.29 is 9.90 Å². The van der Waals surface area contributed by atoms with Crippen molar-refractivity contribution in [2.75, 3.05) is 6.54 Å². The summed E-state index contributed by atoms with van der Waals surface area (Å²) in [6.07, 6.45) is 16.5. The molecule has 0 saturated heterocycles. The molecule has 19 heavy (non-hydrogen) atoms. The zero-order valence-corrected chi connectivity index (χ0v) is 12.1. The van der Waals surface area contributed by atoms with Crippen molar-refractivity contribution in [1.29, 1.82) is 0 Å². The molecular weight excluding hydrogens is 238 g/mol. The van der Waals surface area contributed by atoms with Crippen LogP contribution in [0.5, 0.6) is 0 Å². The van der Waals surface area contributed by atoms with Gasteiger partial charge in [-0.05, 0) is 19.3 Å². The Labute approximate surface area is 117 Å². The number of hydrogen-bond acceptors (Lipinski definition) is 2. The van der Waals surface area contributed by atoms with Gasteiger partial charge in [-0.3, -0.25) is 0 Å². The van der Waals surface area contributed by atoms with Crippen LogP contribution in [0.3, 0.4) is 0 Å². The fourth-order valence-electron chi connectivity index (χ4n) is 1.77. The normalized spacial score (nSPS) is 13.6. The zero-order valence-electron chi connectivity index (χ0n) is 12.1. The summed E-state index contributed by atoms with van der Waals surface area (Å²) in [5, 5.41) is 12.8. The summed E-state index contributed by atoms with van der Waals surface area (Å²) in [6, 6.07) is 0. The molecule has 1 amide bonds. The van der Waals surface area contributed by atoms with Gasteiger partial charge < -0.3 is 15.2 Å². The molecule has 1 N–H and O–H groups in total. The SMILES string of the molecule is C/C=C/C=C/C=C/C(CCCCCC)CNC(=O)[O-]. The van der Waals surface area contributed by atoms with Crippen LogP contribution in [0, 0.1) is 5.92 Å². The maximum atomic E-state index is 10.4. The van der Waals surface area contributed by atoms with E-state index in [2.05, 4.69) is 18.3 Å². The second-order valence-corrected chi connectivity index (χ2v) is 4.57. The smallest absolute Gasteiger partial charge is 0.134 e. The summed E-state index contributed by atoms with van der Waals surface area (Å²) in [4.78, 5) is 10.4. The van der Waals surface area contributed by atoms with Gasteiger partial charge in [-0.15, -0.1) is 0 Å². The number of carbonyl (C=O) groups is 1. The highest BCUT2D eigenvalue weighted by molar-refractivity contribution is 5.61. The number of carboxylic acid groups (broad SMARTS) is 1. The van der Waals surface area contributed by atoms with Crippen molar-refractivity contribution in [3.05, 3.63) is 36.5 Å². The Morgan fingerprint density at radius 1 is 1.16 bits per heavy atom. The minimum absolute atomic E-state index is 0.241. The van der Waals surface area contributed by atoms with Crippen LogP contribution in [0.4, 0.5) is 4.79 Å². The van der Waals surface area contributed by atoms with Gasteiger partial charge in [0.1, 0.15) is 6.09 Å². The van der Waals surface area contributed by atoms with Gasteiger partial charge in [-0.1, -0.05) is 69.1 Å². The Morgan fingerprint density at radius 2 is 1.89 bits per heavy atom. The number of nitrogens with one attached hydrogen (secondary N) is 1. The van der Waals surface area contributed by atoms with E-state index in [1.54, 1.807) is 0 Å². The van der Waals surface area contributed by atoms with E-state index >= 15 is 0 Å². The molecule has 0 aliphatic rings. The van der Waals surface area contributed by atoms with Gasteiger partial charge in [0.2, 0.25) is 0 Å². The van der Waals surface area contributed by atoms with Crippen LogP contribution in [0.15, 0.2) is 36.5 Å². The van der Waals surface area contributed by atoms with Gasteiger partial charge in [-0.25, -0.2) is 0 Å². The maximum absolute atomic E-state index is 10.4. The van der Waals surface area contributed by atoms with E-state index in [-0.39, 0.29) is 5.92 Å². The number of hydrogen-bond donors (Lipinski definition) is 1. The van der Waals surface area contributed by atoms with Crippen molar-refractivity contribution in [2.45, 2.75) is 46.0 Å². The Balaban J connectivity index is 4.11. The Hall–Kier alpha value is -1.51.